The normalized spacial score (nSPS) is 11.1. The summed E-state index contributed by atoms with van der Waals surface area (Å²) in [5.74, 6) is -0.537. The van der Waals surface area contributed by atoms with E-state index < -0.39 is 5.91 Å². The molecule has 0 radical (unpaired) electrons. The first-order valence-electron chi connectivity index (χ1n) is 4.76. The van der Waals surface area contributed by atoms with Crippen LogP contribution < -0.4 is 5.73 Å². The molecular formula is C11H14N2O2. The fourth-order valence-electron chi connectivity index (χ4n) is 1.04. The van der Waals surface area contributed by atoms with Gasteiger partial charge in [-0.05, 0) is 12.0 Å². The summed E-state index contributed by atoms with van der Waals surface area (Å²) in [4.78, 5) is 15.8. The van der Waals surface area contributed by atoms with E-state index in [-0.39, 0.29) is 5.71 Å². The minimum absolute atomic E-state index is 0.255. The van der Waals surface area contributed by atoms with E-state index in [1.165, 1.54) is 0 Å². The van der Waals surface area contributed by atoms with Crippen molar-refractivity contribution in [2.24, 2.45) is 10.9 Å². The van der Waals surface area contributed by atoms with Crippen LogP contribution in [0, 0.1) is 0 Å². The van der Waals surface area contributed by atoms with Gasteiger partial charge in [-0.15, -0.1) is 0 Å². The Balaban J connectivity index is 2.48. The molecule has 15 heavy (non-hydrogen) atoms. The lowest BCUT2D eigenvalue weighted by Crippen LogP contribution is -2.22. The molecular weight excluding hydrogens is 192 g/mol. The highest BCUT2D eigenvalue weighted by atomic mass is 16.6. The summed E-state index contributed by atoms with van der Waals surface area (Å²) in [6.07, 6.45) is 0.476. The van der Waals surface area contributed by atoms with Crippen LogP contribution in [-0.2, 0) is 16.2 Å². The molecule has 0 unspecified atom stereocenters. The number of rotatable bonds is 5. The van der Waals surface area contributed by atoms with Gasteiger partial charge in [0.25, 0.3) is 5.91 Å². The van der Waals surface area contributed by atoms with E-state index in [0.717, 1.165) is 5.56 Å². The van der Waals surface area contributed by atoms with Gasteiger partial charge >= 0.3 is 0 Å². The molecule has 80 valence electrons. The van der Waals surface area contributed by atoms with Crippen LogP contribution in [0.2, 0.25) is 0 Å². The number of nitrogens with zero attached hydrogens (tertiary/aromatic N) is 1. The highest BCUT2D eigenvalue weighted by molar-refractivity contribution is 6.38. The molecule has 0 heterocycles. The van der Waals surface area contributed by atoms with Crippen LogP contribution in [0.4, 0.5) is 0 Å². The van der Waals surface area contributed by atoms with Crippen LogP contribution in [0.3, 0.4) is 0 Å². The number of benzene rings is 1. The van der Waals surface area contributed by atoms with Crippen molar-refractivity contribution in [1.29, 1.82) is 0 Å². The molecule has 1 aromatic rings. The smallest absolute Gasteiger partial charge is 0.266 e. The van der Waals surface area contributed by atoms with Crippen molar-refractivity contribution in [3.05, 3.63) is 35.9 Å². The van der Waals surface area contributed by atoms with Gasteiger partial charge in [0.2, 0.25) is 0 Å². The lowest BCUT2D eigenvalue weighted by atomic mass is 10.2. The largest absolute Gasteiger partial charge is 0.391 e. The Bertz CT molecular complexity index is 347. The number of carbonyl (C=O) groups is 1. The first kappa shape index (κ1) is 11.2. The Morgan fingerprint density at radius 1 is 1.40 bits per heavy atom. The Morgan fingerprint density at radius 2 is 2.07 bits per heavy atom. The van der Waals surface area contributed by atoms with E-state index in [4.69, 9.17) is 10.6 Å². The SMILES string of the molecule is CC/C(=N\OCc1ccccc1)C(N)=O. The standard InChI is InChI=1S/C11H14N2O2/c1-2-10(11(12)14)13-15-8-9-6-4-3-5-7-9/h3-7H,2,8H2,1H3,(H2,12,14)/b13-10+. The summed E-state index contributed by atoms with van der Waals surface area (Å²) in [6, 6.07) is 9.60. The van der Waals surface area contributed by atoms with Crippen LogP contribution in [0.5, 0.6) is 0 Å². The van der Waals surface area contributed by atoms with E-state index in [0.29, 0.717) is 13.0 Å². The van der Waals surface area contributed by atoms with Gasteiger partial charge < -0.3 is 10.6 Å². The molecule has 0 saturated carbocycles. The maximum atomic E-state index is 10.8. The molecule has 0 aliphatic rings. The fraction of sp³-hybridized carbons (Fsp3) is 0.273. The van der Waals surface area contributed by atoms with Crippen molar-refractivity contribution in [2.45, 2.75) is 20.0 Å². The third-order valence-corrected chi connectivity index (χ3v) is 1.87. The zero-order valence-corrected chi connectivity index (χ0v) is 8.64. The maximum absolute atomic E-state index is 10.8. The van der Waals surface area contributed by atoms with Crippen molar-refractivity contribution >= 4 is 11.6 Å². The molecule has 1 rings (SSSR count). The lowest BCUT2D eigenvalue weighted by molar-refractivity contribution is -0.112. The molecule has 0 bridgehead atoms. The summed E-state index contributed by atoms with van der Waals surface area (Å²) >= 11 is 0. The Labute approximate surface area is 88.7 Å². The summed E-state index contributed by atoms with van der Waals surface area (Å²) in [5, 5.41) is 3.68. The first-order chi connectivity index (χ1) is 7.24. The number of hydrogen-bond donors (Lipinski definition) is 1. The van der Waals surface area contributed by atoms with E-state index in [9.17, 15) is 4.79 Å². The van der Waals surface area contributed by atoms with Gasteiger partial charge in [0, 0.05) is 0 Å². The Hall–Kier alpha value is -1.84. The number of oxime groups is 1. The van der Waals surface area contributed by atoms with Crippen LogP contribution in [0.1, 0.15) is 18.9 Å². The zero-order chi connectivity index (χ0) is 11.1. The van der Waals surface area contributed by atoms with Gasteiger partial charge in [-0.2, -0.15) is 0 Å². The van der Waals surface area contributed by atoms with Crippen molar-refractivity contribution in [3.8, 4) is 0 Å². The molecule has 0 atom stereocenters. The fourth-order valence-corrected chi connectivity index (χ4v) is 1.04. The zero-order valence-electron chi connectivity index (χ0n) is 8.64. The molecule has 0 aliphatic carbocycles. The van der Waals surface area contributed by atoms with E-state index in [1.807, 2.05) is 30.3 Å². The maximum Gasteiger partial charge on any atom is 0.266 e. The minimum atomic E-state index is -0.537. The van der Waals surface area contributed by atoms with Crippen LogP contribution in [0.25, 0.3) is 0 Å². The number of nitrogens with two attached hydrogens (primary N) is 1. The highest BCUT2D eigenvalue weighted by Crippen LogP contribution is 2.01. The molecule has 0 aromatic heterocycles. The molecule has 2 N–H and O–H groups in total. The van der Waals surface area contributed by atoms with Crippen molar-refractivity contribution in [2.75, 3.05) is 0 Å². The van der Waals surface area contributed by atoms with Crippen molar-refractivity contribution in [1.82, 2.24) is 0 Å². The number of amides is 1. The summed E-state index contributed by atoms with van der Waals surface area (Å²) in [7, 11) is 0. The van der Waals surface area contributed by atoms with Gasteiger partial charge in [-0.1, -0.05) is 42.4 Å². The van der Waals surface area contributed by atoms with Gasteiger partial charge in [-0.25, -0.2) is 0 Å². The minimum Gasteiger partial charge on any atom is -0.391 e. The predicted molar refractivity (Wildman–Crippen MR) is 58.2 cm³/mol. The molecule has 1 amide bonds. The number of primary amides is 1. The summed E-state index contributed by atoms with van der Waals surface area (Å²) in [6.45, 7) is 2.15. The van der Waals surface area contributed by atoms with Crippen molar-refractivity contribution < 1.29 is 9.63 Å². The quantitative estimate of drug-likeness (QED) is 0.585. The second kappa shape index (κ2) is 5.80. The molecule has 1 aromatic carbocycles. The van der Waals surface area contributed by atoms with Gasteiger partial charge in [-0.3, -0.25) is 4.79 Å². The second-order valence-corrected chi connectivity index (χ2v) is 3.01. The van der Waals surface area contributed by atoms with E-state index >= 15 is 0 Å². The van der Waals surface area contributed by atoms with Crippen molar-refractivity contribution in [3.63, 3.8) is 0 Å². The summed E-state index contributed by atoms with van der Waals surface area (Å²) in [5.41, 5.74) is 6.33. The second-order valence-electron chi connectivity index (χ2n) is 3.01. The molecule has 0 spiro atoms. The Kier molecular flexibility index (Phi) is 4.34. The molecule has 0 saturated heterocycles. The van der Waals surface area contributed by atoms with E-state index in [2.05, 4.69) is 5.16 Å². The van der Waals surface area contributed by atoms with Crippen LogP contribution in [-0.4, -0.2) is 11.6 Å². The van der Waals surface area contributed by atoms with Gasteiger partial charge in [0.15, 0.2) is 0 Å². The third kappa shape index (κ3) is 3.81. The van der Waals surface area contributed by atoms with Crippen LogP contribution in [0.15, 0.2) is 35.5 Å². The van der Waals surface area contributed by atoms with Crippen LogP contribution >= 0.6 is 0 Å². The molecule has 4 nitrogen and oxygen atoms in total. The lowest BCUT2D eigenvalue weighted by Gasteiger charge is -2.01. The Morgan fingerprint density at radius 3 is 2.60 bits per heavy atom. The average molecular weight is 206 g/mol. The predicted octanol–water partition coefficient (Wildman–Crippen LogP) is 1.45. The summed E-state index contributed by atoms with van der Waals surface area (Å²) < 4.78 is 0. The molecule has 0 fully saturated rings. The molecule has 4 heteroatoms. The third-order valence-electron chi connectivity index (χ3n) is 1.87. The van der Waals surface area contributed by atoms with Gasteiger partial charge in [0.05, 0.1) is 0 Å². The highest BCUT2D eigenvalue weighted by Gasteiger charge is 2.03. The van der Waals surface area contributed by atoms with E-state index in [1.54, 1.807) is 6.92 Å². The monoisotopic (exact) mass is 206 g/mol. The average Bonchev–Trinajstić information content (AvgIpc) is 2.25. The van der Waals surface area contributed by atoms with Gasteiger partial charge in [0.1, 0.15) is 12.3 Å². The molecule has 0 aliphatic heterocycles. The number of carbonyl (C=O) groups excluding carboxylic acids is 1. The first-order valence-corrected chi connectivity index (χ1v) is 4.76. The number of hydrogen-bond acceptors (Lipinski definition) is 3. The topological polar surface area (TPSA) is 64.7 Å².